The Bertz CT molecular complexity index is 1700. The van der Waals surface area contributed by atoms with Crippen molar-refractivity contribution in [1.29, 1.82) is 0 Å². The highest BCUT2D eigenvalue weighted by Gasteiger charge is 2.35. The summed E-state index contributed by atoms with van der Waals surface area (Å²) >= 11 is 0. The van der Waals surface area contributed by atoms with E-state index in [0.29, 0.717) is 56.3 Å². The molecule has 0 aliphatic heterocycles. The van der Waals surface area contributed by atoms with E-state index in [1.54, 1.807) is 74.5 Å². The highest BCUT2D eigenvalue weighted by atomic mass is 16.4. The number of hydrogen-bond acceptors (Lipinski definition) is 10. The van der Waals surface area contributed by atoms with Gasteiger partial charge in [0.2, 0.25) is 35.4 Å². The van der Waals surface area contributed by atoms with Crippen LogP contribution in [0.3, 0.4) is 0 Å². The Balaban J connectivity index is 2.36. The van der Waals surface area contributed by atoms with Crippen molar-refractivity contribution in [2.24, 2.45) is 29.0 Å². The van der Waals surface area contributed by atoms with Crippen molar-refractivity contribution in [3.05, 3.63) is 71.8 Å². The number of benzene rings is 2. The molecule has 61 heavy (non-hydrogen) atoms. The van der Waals surface area contributed by atoms with Crippen molar-refractivity contribution < 1.29 is 38.7 Å². The quantitative estimate of drug-likeness (QED) is 0.0534. The van der Waals surface area contributed by atoms with E-state index in [-0.39, 0.29) is 31.6 Å². The van der Waals surface area contributed by atoms with Crippen molar-refractivity contribution in [3.8, 4) is 0 Å². The first-order valence-electron chi connectivity index (χ1n) is 21.3. The van der Waals surface area contributed by atoms with Crippen molar-refractivity contribution in [2.45, 2.75) is 135 Å². The molecule has 6 amide bonds. The monoisotopic (exact) mass is 852 g/mol. The Labute approximate surface area is 359 Å². The lowest BCUT2D eigenvalue weighted by Crippen LogP contribution is -2.61. The van der Waals surface area contributed by atoms with Gasteiger partial charge in [-0.2, -0.15) is 0 Å². The summed E-state index contributed by atoms with van der Waals surface area (Å²) in [4.78, 5) is 94.0. The SMILES string of the molecule is CC(C)C[C@H](NC(=O)[C@H](CCCCN)NC(=O)[C@@H](N)CCCCN)C(=O)N[C@H](C(=O)N[C@@H](Cc1ccccc1)C(=O)N[C@@H](Cc1ccccc1)C(=O)N[C@@H](C)C(=O)O)C(C)C. The first-order chi connectivity index (χ1) is 29.0. The van der Waals surface area contributed by atoms with Crippen LogP contribution >= 0.6 is 0 Å². The van der Waals surface area contributed by atoms with Gasteiger partial charge in [-0.3, -0.25) is 33.6 Å². The van der Waals surface area contributed by atoms with Crippen LogP contribution in [0.25, 0.3) is 0 Å². The van der Waals surface area contributed by atoms with E-state index in [2.05, 4.69) is 31.9 Å². The minimum absolute atomic E-state index is 0.0162. The van der Waals surface area contributed by atoms with Crippen molar-refractivity contribution in [3.63, 3.8) is 0 Å². The van der Waals surface area contributed by atoms with E-state index in [9.17, 15) is 38.7 Å². The molecule has 0 radical (unpaired) electrons. The molecule has 0 fully saturated rings. The molecular formula is C44H69N9O8. The molecule has 13 N–H and O–H groups in total. The largest absolute Gasteiger partial charge is 0.480 e. The van der Waals surface area contributed by atoms with Crippen molar-refractivity contribution in [2.75, 3.05) is 13.1 Å². The van der Waals surface area contributed by atoms with Crippen LogP contribution in [0.1, 0.15) is 90.7 Å². The normalized spacial score (nSPS) is 14.7. The Morgan fingerprint density at radius 2 is 0.951 bits per heavy atom. The van der Waals surface area contributed by atoms with Gasteiger partial charge in [-0.25, -0.2) is 0 Å². The first-order valence-corrected chi connectivity index (χ1v) is 21.3. The van der Waals surface area contributed by atoms with Crippen LogP contribution in [0.15, 0.2) is 60.7 Å². The molecule has 0 saturated heterocycles. The molecule has 17 heteroatoms. The highest BCUT2D eigenvalue weighted by molar-refractivity contribution is 5.97. The zero-order valence-corrected chi connectivity index (χ0v) is 36.3. The number of amides is 6. The number of carbonyl (C=O) groups is 7. The van der Waals surface area contributed by atoms with Crippen LogP contribution in [0.4, 0.5) is 0 Å². The summed E-state index contributed by atoms with van der Waals surface area (Å²) in [5.74, 6) is -5.66. The standard InChI is InChI=1S/C44H69N9O8/c1-27(2)24-34(50-39(55)33(21-13-15-23-46)49-38(54)32(47)20-12-14-22-45)42(58)53-37(28(3)4)43(59)52-36(26-31-18-10-7-11-19-31)41(57)51-35(25-30-16-8-6-9-17-30)40(56)48-29(5)44(60)61/h6-11,16-19,27-29,32-37H,12-15,20-26,45-47H2,1-5H3,(H,48,56)(H,49,54)(H,50,55)(H,51,57)(H,52,59)(H,53,58)(H,60,61)/t29-,32-,33-,34-,35-,36-,37-/m0/s1. The molecule has 0 spiro atoms. The number of carboxylic acids is 1. The fourth-order valence-corrected chi connectivity index (χ4v) is 6.47. The fraction of sp³-hybridized carbons (Fsp3) is 0.568. The third-order valence-electron chi connectivity index (χ3n) is 10.0. The number of nitrogens with one attached hydrogen (secondary N) is 6. The molecule has 0 heterocycles. The molecule has 0 aliphatic carbocycles. The van der Waals surface area contributed by atoms with E-state index in [4.69, 9.17) is 17.2 Å². The van der Waals surface area contributed by atoms with Gasteiger partial charge in [-0.15, -0.1) is 0 Å². The van der Waals surface area contributed by atoms with E-state index >= 15 is 0 Å². The second-order valence-corrected chi connectivity index (χ2v) is 16.2. The lowest BCUT2D eigenvalue weighted by atomic mass is 9.98. The van der Waals surface area contributed by atoms with E-state index < -0.39 is 89.6 Å². The number of unbranched alkanes of at least 4 members (excludes halogenated alkanes) is 2. The van der Waals surface area contributed by atoms with Gasteiger partial charge in [0, 0.05) is 12.8 Å². The van der Waals surface area contributed by atoms with Crippen molar-refractivity contribution >= 4 is 41.4 Å². The first kappa shape index (κ1) is 51.8. The zero-order valence-electron chi connectivity index (χ0n) is 36.3. The van der Waals surface area contributed by atoms with Crippen LogP contribution < -0.4 is 49.1 Å². The third kappa shape index (κ3) is 19.3. The smallest absolute Gasteiger partial charge is 0.325 e. The second kappa shape index (κ2) is 27.5. The van der Waals surface area contributed by atoms with Crippen LogP contribution in [0.5, 0.6) is 0 Å². The average molecular weight is 852 g/mol. The van der Waals surface area contributed by atoms with Gasteiger partial charge >= 0.3 is 5.97 Å². The van der Waals surface area contributed by atoms with Gasteiger partial charge in [-0.05, 0) is 81.5 Å². The van der Waals surface area contributed by atoms with Gasteiger partial charge in [0.1, 0.15) is 36.3 Å². The molecule has 2 aromatic rings. The molecule has 7 atom stereocenters. The van der Waals surface area contributed by atoms with Crippen molar-refractivity contribution in [1.82, 2.24) is 31.9 Å². The Morgan fingerprint density at radius 3 is 1.43 bits per heavy atom. The third-order valence-corrected chi connectivity index (χ3v) is 10.0. The van der Waals surface area contributed by atoms with Gasteiger partial charge in [0.05, 0.1) is 6.04 Å². The lowest BCUT2D eigenvalue weighted by molar-refractivity contribution is -0.141. The Kier molecular flexibility index (Phi) is 23.3. The molecule has 0 bridgehead atoms. The van der Waals surface area contributed by atoms with Crippen LogP contribution in [-0.2, 0) is 46.4 Å². The van der Waals surface area contributed by atoms with Gasteiger partial charge in [-0.1, -0.05) is 94.8 Å². The average Bonchev–Trinajstić information content (AvgIpc) is 3.21. The summed E-state index contributed by atoms with van der Waals surface area (Å²) in [5, 5.41) is 25.7. The fourth-order valence-electron chi connectivity index (χ4n) is 6.47. The van der Waals surface area contributed by atoms with E-state index in [1.807, 2.05) is 13.8 Å². The van der Waals surface area contributed by atoms with Gasteiger partial charge in [0.15, 0.2) is 0 Å². The summed E-state index contributed by atoms with van der Waals surface area (Å²) in [6, 6.07) is 9.97. The predicted octanol–water partition coefficient (Wildman–Crippen LogP) is 0.773. The highest BCUT2D eigenvalue weighted by Crippen LogP contribution is 2.13. The van der Waals surface area contributed by atoms with E-state index in [1.165, 1.54) is 6.92 Å². The number of nitrogens with two attached hydrogens (primary N) is 3. The Hall–Kier alpha value is -5.39. The molecule has 2 rings (SSSR count). The summed E-state index contributed by atoms with van der Waals surface area (Å²) in [5.41, 5.74) is 18.8. The van der Waals surface area contributed by atoms with Crippen LogP contribution in [0.2, 0.25) is 0 Å². The van der Waals surface area contributed by atoms with Gasteiger partial charge < -0.3 is 54.2 Å². The summed E-state index contributed by atoms with van der Waals surface area (Å²) < 4.78 is 0. The molecule has 0 aromatic heterocycles. The topological polar surface area (TPSA) is 290 Å². The molecule has 338 valence electrons. The molecular weight excluding hydrogens is 783 g/mol. The lowest BCUT2D eigenvalue weighted by Gasteiger charge is -2.29. The zero-order chi connectivity index (χ0) is 45.5. The van der Waals surface area contributed by atoms with Gasteiger partial charge in [0.25, 0.3) is 0 Å². The molecule has 0 saturated carbocycles. The summed E-state index contributed by atoms with van der Waals surface area (Å²) in [6.07, 6.45) is 3.39. The maximum absolute atomic E-state index is 14.1. The summed E-state index contributed by atoms with van der Waals surface area (Å²) in [6.45, 7) is 9.35. The molecule has 0 aliphatic rings. The summed E-state index contributed by atoms with van der Waals surface area (Å²) in [7, 11) is 0. The number of carbonyl (C=O) groups excluding carboxylic acids is 6. The van der Waals surface area contributed by atoms with Crippen LogP contribution in [0, 0.1) is 11.8 Å². The number of carboxylic acid groups (broad SMARTS) is 1. The maximum Gasteiger partial charge on any atom is 0.325 e. The van der Waals surface area contributed by atoms with E-state index in [0.717, 1.165) is 0 Å². The number of rotatable bonds is 28. The maximum atomic E-state index is 14.1. The minimum atomic E-state index is -1.26. The van der Waals surface area contributed by atoms with Crippen LogP contribution in [-0.4, -0.2) is 102 Å². The molecule has 0 unspecified atom stereocenters. The number of aliphatic carboxylic acids is 1. The molecule has 2 aromatic carbocycles. The second-order valence-electron chi connectivity index (χ2n) is 16.2. The Morgan fingerprint density at radius 1 is 0.525 bits per heavy atom. The predicted molar refractivity (Wildman–Crippen MR) is 233 cm³/mol. The molecule has 17 nitrogen and oxygen atoms in total. The minimum Gasteiger partial charge on any atom is -0.480 e. The number of hydrogen-bond donors (Lipinski definition) is 10.